The summed E-state index contributed by atoms with van der Waals surface area (Å²) in [6, 6.07) is 0. The van der Waals surface area contributed by atoms with Crippen LogP contribution in [0.3, 0.4) is 0 Å². The van der Waals surface area contributed by atoms with Gasteiger partial charge in [0.05, 0.1) is 0 Å². The molecule has 0 aromatic carbocycles. The maximum absolute atomic E-state index is 12.1. The number of carbonyl (C=O) groups excluding carboxylic acids is 3. The first-order chi connectivity index (χ1) is 15.0. The molecule has 0 saturated heterocycles. The molecule has 0 heterocycles. The number of esters is 3. The lowest BCUT2D eigenvalue weighted by Crippen LogP contribution is -2.63. The van der Waals surface area contributed by atoms with E-state index in [1.54, 1.807) is 0 Å². The van der Waals surface area contributed by atoms with Crippen LogP contribution < -0.4 is 0 Å². The minimum Gasteiger partial charge on any atom is -0.463 e. The number of hydrogen-bond donors (Lipinski definition) is 0. The van der Waals surface area contributed by atoms with Crippen molar-refractivity contribution >= 4 is 17.9 Å². The van der Waals surface area contributed by atoms with Gasteiger partial charge < -0.3 is 14.2 Å². The number of carbonyl (C=O) groups is 3. The maximum atomic E-state index is 12.1. The first kappa shape index (κ1) is 23.6. The highest BCUT2D eigenvalue weighted by Crippen LogP contribution is 2.68. The van der Waals surface area contributed by atoms with Crippen LogP contribution in [0.4, 0.5) is 0 Å². The third kappa shape index (κ3) is 3.75. The SMILES string of the molecule is CC(=O)OC1CCC2(C)C(C1)CC(OC(C)=O)C1C2CC(OC(C)=O)C2(C)C(C)CCC12. The van der Waals surface area contributed by atoms with Gasteiger partial charge in [-0.05, 0) is 74.0 Å². The molecular formula is C26H40O6. The molecule has 0 spiro atoms. The molecule has 0 aromatic heterocycles. The predicted molar refractivity (Wildman–Crippen MR) is 118 cm³/mol. The maximum Gasteiger partial charge on any atom is 0.302 e. The summed E-state index contributed by atoms with van der Waals surface area (Å²) in [6.07, 6.45) is 6.22. The van der Waals surface area contributed by atoms with E-state index in [2.05, 4.69) is 20.8 Å². The molecule has 10 atom stereocenters. The van der Waals surface area contributed by atoms with Crippen LogP contribution in [0.2, 0.25) is 0 Å². The van der Waals surface area contributed by atoms with Gasteiger partial charge in [0.2, 0.25) is 0 Å². The first-order valence-electron chi connectivity index (χ1n) is 12.5. The zero-order valence-corrected chi connectivity index (χ0v) is 20.5. The minimum absolute atomic E-state index is 0.0590. The summed E-state index contributed by atoms with van der Waals surface area (Å²) in [5.41, 5.74) is -0.0348. The van der Waals surface area contributed by atoms with Crippen LogP contribution in [0.15, 0.2) is 0 Å². The number of rotatable bonds is 3. The molecule has 0 bridgehead atoms. The molecule has 0 radical (unpaired) electrons. The third-order valence-corrected chi connectivity index (χ3v) is 10.1. The molecule has 4 fully saturated rings. The van der Waals surface area contributed by atoms with Crippen molar-refractivity contribution in [3.63, 3.8) is 0 Å². The van der Waals surface area contributed by atoms with Gasteiger partial charge in [0.1, 0.15) is 18.3 Å². The van der Waals surface area contributed by atoms with Gasteiger partial charge in [0.15, 0.2) is 0 Å². The van der Waals surface area contributed by atoms with Crippen molar-refractivity contribution in [1.29, 1.82) is 0 Å². The van der Waals surface area contributed by atoms with Gasteiger partial charge >= 0.3 is 17.9 Å². The fourth-order valence-electron chi connectivity index (χ4n) is 8.46. The molecule has 32 heavy (non-hydrogen) atoms. The Balaban J connectivity index is 1.71. The zero-order chi connectivity index (χ0) is 23.4. The molecule has 4 aliphatic rings. The van der Waals surface area contributed by atoms with Gasteiger partial charge in [0, 0.05) is 32.1 Å². The van der Waals surface area contributed by atoms with Crippen LogP contribution in [-0.4, -0.2) is 36.2 Å². The van der Waals surface area contributed by atoms with E-state index in [0.29, 0.717) is 23.7 Å². The Morgan fingerprint density at radius 3 is 2.06 bits per heavy atom. The second-order valence-corrected chi connectivity index (χ2v) is 11.6. The molecule has 4 aliphatic carbocycles. The van der Waals surface area contributed by atoms with E-state index in [1.165, 1.54) is 20.8 Å². The molecular weight excluding hydrogens is 408 g/mol. The minimum atomic E-state index is -0.230. The molecule has 0 N–H and O–H groups in total. The van der Waals surface area contributed by atoms with Crippen molar-refractivity contribution in [3.05, 3.63) is 0 Å². The number of hydrogen-bond acceptors (Lipinski definition) is 6. The molecule has 6 heteroatoms. The van der Waals surface area contributed by atoms with E-state index in [0.717, 1.165) is 44.9 Å². The quantitative estimate of drug-likeness (QED) is 0.461. The van der Waals surface area contributed by atoms with Crippen molar-refractivity contribution in [1.82, 2.24) is 0 Å². The normalized spacial score (nSPS) is 47.4. The first-order valence-corrected chi connectivity index (χ1v) is 12.5. The molecule has 6 nitrogen and oxygen atoms in total. The highest BCUT2D eigenvalue weighted by Gasteiger charge is 2.66. The van der Waals surface area contributed by atoms with Crippen LogP contribution in [0.25, 0.3) is 0 Å². The lowest BCUT2D eigenvalue weighted by atomic mass is 9.43. The van der Waals surface area contributed by atoms with Crippen LogP contribution in [0.1, 0.15) is 86.5 Å². The van der Waals surface area contributed by atoms with E-state index in [4.69, 9.17) is 14.2 Å². The molecule has 4 saturated carbocycles. The average Bonchev–Trinajstić information content (AvgIpc) is 2.98. The summed E-state index contributed by atoms with van der Waals surface area (Å²) in [5.74, 6) is 1.08. The fourth-order valence-corrected chi connectivity index (χ4v) is 8.46. The lowest BCUT2D eigenvalue weighted by molar-refractivity contribution is -0.221. The van der Waals surface area contributed by atoms with Crippen LogP contribution in [-0.2, 0) is 28.6 Å². The standard InChI is InChI=1S/C26H40O6/c1-14-7-8-20-24-21(13-23(26(14,20)6)32-17(4)29)25(5)10-9-19(30-15(2)27)11-18(25)12-22(24)31-16(3)28/h14,18-24H,7-13H2,1-6H3. The summed E-state index contributed by atoms with van der Waals surface area (Å²) in [4.78, 5) is 35.8. The Labute approximate surface area is 192 Å². The summed E-state index contributed by atoms with van der Waals surface area (Å²) in [5, 5.41) is 0. The van der Waals surface area contributed by atoms with Gasteiger partial charge in [0.25, 0.3) is 0 Å². The van der Waals surface area contributed by atoms with Gasteiger partial charge in [-0.15, -0.1) is 0 Å². The monoisotopic (exact) mass is 448 g/mol. The Morgan fingerprint density at radius 1 is 0.781 bits per heavy atom. The van der Waals surface area contributed by atoms with E-state index >= 15 is 0 Å². The van der Waals surface area contributed by atoms with Crippen LogP contribution in [0.5, 0.6) is 0 Å². The second kappa shape index (κ2) is 8.32. The Bertz CT molecular complexity index is 778. The van der Waals surface area contributed by atoms with Crippen LogP contribution in [0, 0.1) is 40.4 Å². The summed E-state index contributed by atoms with van der Waals surface area (Å²) < 4.78 is 17.6. The van der Waals surface area contributed by atoms with E-state index in [9.17, 15) is 14.4 Å². The van der Waals surface area contributed by atoms with Crippen molar-refractivity contribution < 1.29 is 28.6 Å². The molecule has 0 amide bonds. The Kier molecular flexibility index (Phi) is 6.13. The van der Waals surface area contributed by atoms with Gasteiger partial charge in [-0.3, -0.25) is 14.4 Å². The highest BCUT2D eigenvalue weighted by molar-refractivity contribution is 5.67. The van der Waals surface area contributed by atoms with E-state index in [1.807, 2.05) is 0 Å². The number of ether oxygens (including phenoxy) is 3. The predicted octanol–water partition coefficient (Wildman–Crippen LogP) is 4.68. The van der Waals surface area contributed by atoms with Crippen molar-refractivity contribution in [2.75, 3.05) is 0 Å². The van der Waals surface area contributed by atoms with Gasteiger partial charge in [-0.1, -0.05) is 20.8 Å². The summed E-state index contributed by atoms with van der Waals surface area (Å²) >= 11 is 0. The summed E-state index contributed by atoms with van der Waals surface area (Å²) in [7, 11) is 0. The highest BCUT2D eigenvalue weighted by atomic mass is 16.6. The van der Waals surface area contributed by atoms with E-state index in [-0.39, 0.29) is 53.0 Å². The third-order valence-electron chi connectivity index (χ3n) is 10.1. The van der Waals surface area contributed by atoms with Gasteiger partial charge in [-0.2, -0.15) is 0 Å². The van der Waals surface area contributed by atoms with Crippen molar-refractivity contribution in [2.24, 2.45) is 40.4 Å². The van der Waals surface area contributed by atoms with Crippen molar-refractivity contribution in [3.8, 4) is 0 Å². The molecule has 180 valence electrons. The largest absolute Gasteiger partial charge is 0.463 e. The second-order valence-electron chi connectivity index (χ2n) is 11.6. The zero-order valence-electron chi connectivity index (χ0n) is 20.5. The smallest absolute Gasteiger partial charge is 0.302 e. The molecule has 0 aromatic rings. The van der Waals surface area contributed by atoms with Crippen molar-refractivity contribution in [2.45, 2.75) is 105 Å². The van der Waals surface area contributed by atoms with Crippen LogP contribution >= 0.6 is 0 Å². The topological polar surface area (TPSA) is 78.9 Å². The lowest BCUT2D eigenvalue weighted by Gasteiger charge is -2.63. The van der Waals surface area contributed by atoms with Gasteiger partial charge in [-0.25, -0.2) is 0 Å². The van der Waals surface area contributed by atoms with E-state index < -0.39 is 0 Å². The molecule has 10 unspecified atom stereocenters. The fraction of sp³-hybridized carbons (Fsp3) is 0.885. The Hall–Kier alpha value is -1.59. The molecule has 0 aliphatic heterocycles. The molecule has 4 rings (SSSR count). The average molecular weight is 449 g/mol. The number of fused-ring (bicyclic) bond motifs is 5. The Morgan fingerprint density at radius 2 is 1.44 bits per heavy atom. The summed E-state index contributed by atoms with van der Waals surface area (Å²) in [6.45, 7) is 11.5.